The summed E-state index contributed by atoms with van der Waals surface area (Å²) in [6.45, 7) is 5.13. The fraction of sp³-hybridized carbons (Fsp3) is 0.484. The second-order valence-electron chi connectivity index (χ2n) is 12.6. The summed E-state index contributed by atoms with van der Waals surface area (Å²) >= 11 is 0. The maximum atomic E-state index is 13.5. The Morgan fingerprint density at radius 3 is 2.47 bits per heavy atom. The molecule has 6 rings (SSSR count). The standard InChI is InChI=1S/C31H35F3N10O3/c1-2-18-11-20(39-27(45)26-37-15-21(38-26)12-23-24(5-6-35)40-41-25(23)31(32,33)34)3-4-22(18)28(46)42-7-9-43(10-8-42)29(47)44-16-30(17-44)13-19(36)14-30/h3-4,11,15,19H,2,5,7-10,12-14,16-17,36H2,1H3,(H,37,38)(H,39,45)(H,40,41). The monoisotopic (exact) mass is 652 g/mol. The minimum absolute atomic E-state index is 0.0116. The van der Waals surface area contributed by atoms with E-state index in [1.165, 1.54) is 6.20 Å². The zero-order valence-corrected chi connectivity index (χ0v) is 25.8. The molecule has 2 aliphatic heterocycles. The maximum Gasteiger partial charge on any atom is 0.435 e. The molecule has 1 spiro atoms. The number of imidazole rings is 1. The highest BCUT2D eigenvalue weighted by Gasteiger charge is 2.53. The number of piperazine rings is 1. The van der Waals surface area contributed by atoms with Crippen molar-refractivity contribution >= 4 is 23.5 Å². The van der Waals surface area contributed by atoms with Gasteiger partial charge in [-0.3, -0.25) is 14.7 Å². The number of aryl methyl sites for hydroxylation is 1. The number of anilines is 1. The predicted octanol–water partition coefficient (Wildman–Crippen LogP) is 2.92. The van der Waals surface area contributed by atoms with Crippen LogP contribution in [0.3, 0.4) is 0 Å². The number of nitriles is 1. The van der Waals surface area contributed by atoms with Crippen LogP contribution in [0.4, 0.5) is 23.7 Å². The number of hydrogen-bond donors (Lipinski definition) is 4. The third kappa shape index (κ3) is 6.39. The molecule has 248 valence electrons. The third-order valence-electron chi connectivity index (χ3n) is 9.21. The van der Waals surface area contributed by atoms with Gasteiger partial charge < -0.3 is 30.7 Å². The topological polar surface area (TPSA) is 180 Å². The number of rotatable bonds is 7. The van der Waals surface area contributed by atoms with Crippen molar-refractivity contribution in [2.24, 2.45) is 11.1 Å². The van der Waals surface area contributed by atoms with Crippen LogP contribution in [0.2, 0.25) is 0 Å². The van der Waals surface area contributed by atoms with E-state index < -0.39 is 17.8 Å². The van der Waals surface area contributed by atoms with Crippen LogP contribution in [0.15, 0.2) is 24.4 Å². The van der Waals surface area contributed by atoms with Gasteiger partial charge in [0, 0.05) is 85.9 Å². The first-order chi connectivity index (χ1) is 22.4. The number of aromatic nitrogens is 4. The van der Waals surface area contributed by atoms with Crippen molar-refractivity contribution in [2.75, 3.05) is 44.6 Å². The van der Waals surface area contributed by atoms with Crippen molar-refractivity contribution in [1.29, 1.82) is 5.26 Å². The number of likely N-dealkylation sites (tertiary alicyclic amines) is 1. The summed E-state index contributed by atoms with van der Waals surface area (Å²) in [6.07, 6.45) is -1.56. The summed E-state index contributed by atoms with van der Waals surface area (Å²) < 4.78 is 40.4. The van der Waals surface area contributed by atoms with Crippen molar-refractivity contribution < 1.29 is 27.6 Å². The Morgan fingerprint density at radius 2 is 1.83 bits per heavy atom. The van der Waals surface area contributed by atoms with Crippen LogP contribution >= 0.6 is 0 Å². The Morgan fingerprint density at radius 1 is 1.13 bits per heavy atom. The first kappa shape index (κ1) is 32.0. The number of halogens is 3. The lowest BCUT2D eigenvalue weighted by atomic mass is 9.61. The number of benzene rings is 1. The molecule has 1 aromatic carbocycles. The first-order valence-electron chi connectivity index (χ1n) is 15.5. The van der Waals surface area contributed by atoms with Gasteiger partial charge in [0.2, 0.25) is 0 Å². The molecule has 2 saturated heterocycles. The van der Waals surface area contributed by atoms with E-state index in [-0.39, 0.29) is 59.0 Å². The van der Waals surface area contributed by atoms with Crippen molar-refractivity contribution in [2.45, 2.75) is 51.2 Å². The summed E-state index contributed by atoms with van der Waals surface area (Å²) in [4.78, 5) is 51.5. The number of urea groups is 1. The lowest BCUT2D eigenvalue weighted by Crippen LogP contribution is -2.68. The molecule has 4 amide bonds. The van der Waals surface area contributed by atoms with Crippen LogP contribution in [0, 0.1) is 16.7 Å². The number of H-pyrrole nitrogens is 2. The molecule has 0 bridgehead atoms. The van der Waals surface area contributed by atoms with Crippen LogP contribution < -0.4 is 11.1 Å². The lowest BCUT2D eigenvalue weighted by molar-refractivity contribution is -0.141. The van der Waals surface area contributed by atoms with Crippen molar-refractivity contribution in [3.05, 3.63) is 64.0 Å². The highest BCUT2D eigenvalue weighted by atomic mass is 19.4. The molecular formula is C31H35F3N10O3. The van der Waals surface area contributed by atoms with Gasteiger partial charge in [-0.15, -0.1) is 0 Å². The Bertz CT molecular complexity index is 1720. The summed E-state index contributed by atoms with van der Waals surface area (Å²) in [7, 11) is 0. The summed E-state index contributed by atoms with van der Waals surface area (Å²) in [5, 5.41) is 17.3. The Labute approximate surface area is 268 Å². The molecular weight excluding hydrogens is 617 g/mol. The normalized spacial score (nSPS) is 17.7. The number of aromatic amines is 2. The van der Waals surface area contributed by atoms with Crippen LogP contribution in [0.25, 0.3) is 0 Å². The van der Waals surface area contributed by atoms with E-state index in [9.17, 15) is 27.6 Å². The van der Waals surface area contributed by atoms with Gasteiger partial charge in [0.25, 0.3) is 11.8 Å². The van der Waals surface area contributed by atoms with Crippen LogP contribution in [0.1, 0.15) is 69.0 Å². The molecule has 47 heavy (non-hydrogen) atoms. The van der Waals surface area contributed by atoms with Gasteiger partial charge in [-0.2, -0.15) is 23.5 Å². The van der Waals surface area contributed by atoms with E-state index in [0.29, 0.717) is 43.9 Å². The molecule has 3 fully saturated rings. The second kappa shape index (κ2) is 12.4. The largest absolute Gasteiger partial charge is 0.435 e. The van der Waals surface area contributed by atoms with Crippen LogP contribution in [-0.4, -0.2) is 98.0 Å². The van der Waals surface area contributed by atoms with Crippen LogP contribution in [-0.2, 0) is 25.4 Å². The quantitative estimate of drug-likeness (QED) is 0.303. The van der Waals surface area contributed by atoms with E-state index >= 15 is 0 Å². The molecule has 0 atom stereocenters. The number of nitrogens with two attached hydrogens (primary N) is 1. The van der Waals surface area contributed by atoms with E-state index in [1.54, 1.807) is 28.0 Å². The van der Waals surface area contributed by atoms with Gasteiger partial charge in [-0.05, 0) is 43.0 Å². The Hall–Kier alpha value is -4.91. The minimum atomic E-state index is -4.72. The molecule has 1 aliphatic carbocycles. The molecule has 3 aromatic rings. The summed E-state index contributed by atoms with van der Waals surface area (Å²) in [5.41, 5.74) is 6.74. The van der Waals surface area contributed by atoms with Crippen molar-refractivity contribution in [1.82, 2.24) is 34.9 Å². The number of alkyl halides is 3. The number of hydrogen-bond acceptors (Lipinski definition) is 7. The molecule has 1 saturated carbocycles. The number of amides is 4. The number of nitrogens with zero attached hydrogens (tertiary/aromatic N) is 6. The highest BCUT2D eigenvalue weighted by molar-refractivity contribution is 6.02. The van der Waals surface area contributed by atoms with E-state index in [4.69, 9.17) is 11.0 Å². The molecule has 13 nitrogen and oxygen atoms in total. The second-order valence-corrected chi connectivity index (χ2v) is 12.6. The Balaban J connectivity index is 1.05. The minimum Gasteiger partial charge on any atom is -0.337 e. The Kier molecular flexibility index (Phi) is 8.43. The van der Waals surface area contributed by atoms with E-state index in [2.05, 4.69) is 25.5 Å². The highest BCUT2D eigenvalue weighted by Crippen LogP contribution is 2.47. The number of carbonyl (C=O) groups is 3. The van der Waals surface area contributed by atoms with Gasteiger partial charge >= 0.3 is 12.2 Å². The molecule has 4 heterocycles. The van der Waals surface area contributed by atoms with Gasteiger partial charge in [0.15, 0.2) is 11.5 Å². The fourth-order valence-electron chi connectivity index (χ4n) is 6.85. The lowest BCUT2D eigenvalue weighted by Gasteiger charge is -2.59. The molecule has 3 aliphatic rings. The molecule has 0 unspecified atom stereocenters. The first-order valence-corrected chi connectivity index (χ1v) is 15.5. The van der Waals surface area contributed by atoms with Gasteiger partial charge in [-0.25, -0.2) is 9.78 Å². The average Bonchev–Trinajstić information content (AvgIpc) is 3.65. The van der Waals surface area contributed by atoms with E-state index in [1.807, 2.05) is 17.9 Å². The van der Waals surface area contributed by atoms with Gasteiger partial charge in [0.05, 0.1) is 18.2 Å². The smallest absolute Gasteiger partial charge is 0.337 e. The van der Waals surface area contributed by atoms with Crippen molar-refractivity contribution in [3.63, 3.8) is 0 Å². The van der Waals surface area contributed by atoms with Crippen LogP contribution in [0.5, 0.6) is 0 Å². The van der Waals surface area contributed by atoms with Crippen molar-refractivity contribution in [3.8, 4) is 6.07 Å². The maximum absolute atomic E-state index is 13.5. The third-order valence-corrected chi connectivity index (χ3v) is 9.21. The zero-order valence-electron chi connectivity index (χ0n) is 25.8. The molecule has 16 heteroatoms. The summed E-state index contributed by atoms with van der Waals surface area (Å²) in [6, 6.07) is 7.03. The molecule has 0 radical (unpaired) electrons. The molecule has 2 aromatic heterocycles. The predicted molar refractivity (Wildman–Crippen MR) is 162 cm³/mol. The fourth-order valence-corrected chi connectivity index (χ4v) is 6.85. The summed E-state index contributed by atoms with van der Waals surface area (Å²) in [5.74, 6) is -0.886. The number of nitrogens with one attached hydrogen (secondary N) is 3. The zero-order chi connectivity index (χ0) is 33.5. The van der Waals surface area contributed by atoms with Gasteiger partial charge in [-0.1, -0.05) is 6.92 Å². The average molecular weight is 653 g/mol. The van der Waals surface area contributed by atoms with Gasteiger partial charge in [0.1, 0.15) is 0 Å². The SMILES string of the molecule is CCc1cc(NC(=O)c2ncc(Cc3c(C(F)(F)F)n[nH]c3CC#N)[nH]2)ccc1C(=O)N1CCN(C(=O)N2CC3(CC(N)C3)C2)CC1. The number of carbonyl (C=O) groups excluding carboxylic acids is 3. The molecule has 5 N–H and O–H groups in total. The van der Waals surface area contributed by atoms with E-state index in [0.717, 1.165) is 31.5 Å².